The lowest BCUT2D eigenvalue weighted by atomic mass is 10.1. The Morgan fingerprint density at radius 1 is 1.29 bits per heavy atom. The number of thioether (sulfide) groups is 1. The first kappa shape index (κ1) is 17.4. The molecule has 1 unspecified atom stereocenters. The Bertz CT molecular complexity index is 490. The van der Waals surface area contributed by atoms with Crippen LogP contribution < -0.4 is 5.32 Å². The van der Waals surface area contributed by atoms with Gasteiger partial charge >= 0.3 is 12.0 Å². The first-order valence-electron chi connectivity index (χ1n) is 6.73. The molecule has 0 heterocycles. The van der Waals surface area contributed by atoms with E-state index in [1.54, 1.807) is 25.7 Å². The first-order chi connectivity index (χ1) is 9.85. The van der Waals surface area contributed by atoms with Crippen molar-refractivity contribution in [2.24, 2.45) is 5.92 Å². The number of carboxylic acid groups (broad SMARTS) is 1. The van der Waals surface area contributed by atoms with Gasteiger partial charge < -0.3 is 15.3 Å². The van der Waals surface area contributed by atoms with Gasteiger partial charge in [0.2, 0.25) is 0 Å². The van der Waals surface area contributed by atoms with Gasteiger partial charge in [0, 0.05) is 18.5 Å². The second-order valence-electron chi connectivity index (χ2n) is 5.06. The number of hydrogen-bond acceptors (Lipinski definition) is 3. The van der Waals surface area contributed by atoms with Crippen LogP contribution in [0.15, 0.2) is 29.2 Å². The highest BCUT2D eigenvalue weighted by Crippen LogP contribution is 2.19. The highest BCUT2D eigenvalue weighted by atomic mass is 32.2. The van der Waals surface area contributed by atoms with Crippen LogP contribution in [0.2, 0.25) is 0 Å². The zero-order chi connectivity index (χ0) is 16.0. The molecule has 2 amide bonds. The van der Waals surface area contributed by atoms with Crippen molar-refractivity contribution in [3.05, 3.63) is 29.8 Å². The molecule has 1 aromatic carbocycles. The minimum absolute atomic E-state index is 0.129. The zero-order valence-electron chi connectivity index (χ0n) is 12.8. The molecule has 0 aromatic heterocycles. The molecule has 0 radical (unpaired) electrons. The number of aliphatic carboxylic acids is 1. The number of carbonyl (C=O) groups is 2. The number of amides is 2. The number of urea groups is 1. The Labute approximate surface area is 129 Å². The van der Waals surface area contributed by atoms with E-state index >= 15 is 0 Å². The molecule has 0 fully saturated rings. The number of rotatable bonds is 6. The third-order valence-corrected chi connectivity index (χ3v) is 4.02. The van der Waals surface area contributed by atoms with Crippen LogP contribution >= 0.6 is 11.8 Å². The number of hydrogen-bond donors (Lipinski definition) is 2. The molecule has 0 aliphatic heterocycles. The number of nitrogens with zero attached hydrogens (tertiary/aromatic N) is 1. The molecule has 21 heavy (non-hydrogen) atoms. The summed E-state index contributed by atoms with van der Waals surface area (Å²) in [4.78, 5) is 25.4. The van der Waals surface area contributed by atoms with Crippen LogP contribution in [0.25, 0.3) is 0 Å². The van der Waals surface area contributed by atoms with Gasteiger partial charge in [-0.15, -0.1) is 11.8 Å². The molecule has 0 bridgehead atoms. The summed E-state index contributed by atoms with van der Waals surface area (Å²) in [5.41, 5.74) is 1.01. The molecule has 0 saturated heterocycles. The average molecular weight is 310 g/mol. The topological polar surface area (TPSA) is 69.6 Å². The van der Waals surface area contributed by atoms with Crippen molar-refractivity contribution in [3.8, 4) is 0 Å². The van der Waals surface area contributed by atoms with E-state index < -0.39 is 11.9 Å². The monoisotopic (exact) mass is 310 g/mol. The van der Waals surface area contributed by atoms with Crippen LogP contribution in [0, 0.1) is 5.92 Å². The summed E-state index contributed by atoms with van der Waals surface area (Å²) in [5, 5.41) is 11.7. The minimum atomic E-state index is -0.907. The number of carboxylic acids is 1. The van der Waals surface area contributed by atoms with E-state index in [9.17, 15) is 9.59 Å². The van der Waals surface area contributed by atoms with Crippen LogP contribution in [-0.4, -0.2) is 41.9 Å². The predicted octanol–water partition coefficient (Wildman–Crippen LogP) is 2.83. The van der Waals surface area contributed by atoms with Gasteiger partial charge in [0.25, 0.3) is 0 Å². The Morgan fingerprint density at radius 2 is 1.86 bits per heavy atom. The maximum atomic E-state index is 12.0. The van der Waals surface area contributed by atoms with Crippen molar-refractivity contribution in [1.82, 2.24) is 10.2 Å². The van der Waals surface area contributed by atoms with Crippen molar-refractivity contribution >= 4 is 23.8 Å². The molecular formula is C15H22N2O3S. The van der Waals surface area contributed by atoms with E-state index in [1.165, 1.54) is 9.80 Å². The normalized spacial score (nSPS) is 13.3. The SMILES string of the molecule is CSc1ccc([C@H](C)NC(=O)N(C)CC(C)C(=O)O)cc1. The molecule has 0 aliphatic rings. The van der Waals surface area contributed by atoms with Gasteiger partial charge in [-0.1, -0.05) is 19.1 Å². The average Bonchev–Trinajstić information content (AvgIpc) is 2.46. The summed E-state index contributed by atoms with van der Waals surface area (Å²) in [6, 6.07) is 7.59. The molecule has 116 valence electrons. The molecule has 0 aliphatic carbocycles. The van der Waals surface area contributed by atoms with Crippen molar-refractivity contribution in [2.45, 2.75) is 24.8 Å². The third kappa shape index (κ3) is 5.30. The predicted molar refractivity (Wildman–Crippen MR) is 84.6 cm³/mol. The Kier molecular flexibility index (Phi) is 6.55. The molecule has 2 atom stereocenters. The standard InChI is InChI=1S/C15H22N2O3S/c1-10(14(18)19)9-17(3)15(20)16-11(2)12-5-7-13(21-4)8-6-12/h5-8,10-11H,9H2,1-4H3,(H,16,20)(H,18,19)/t10?,11-/m0/s1. The highest BCUT2D eigenvalue weighted by molar-refractivity contribution is 7.98. The van der Waals surface area contributed by atoms with Gasteiger partial charge in [0.05, 0.1) is 12.0 Å². The first-order valence-corrected chi connectivity index (χ1v) is 7.96. The zero-order valence-corrected chi connectivity index (χ0v) is 13.6. The van der Waals surface area contributed by atoms with Crippen LogP contribution in [0.5, 0.6) is 0 Å². The van der Waals surface area contributed by atoms with Gasteiger partial charge in [-0.2, -0.15) is 0 Å². The molecule has 6 heteroatoms. The maximum Gasteiger partial charge on any atom is 0.317 e. The lowest BCUT2D eigenvalue weighted by Gasteiger charge is -2.23. The lowest BCUT2D eigenvalue weighted by Crippen LogP contribution is -2.41. The van der Waals surface area contributed by atoms with Crippen molar-refractivity contribution < 1.29 is 14.7 Å². The van der Waals surface area contributed by atoms with Gasteiger partial charge in [0.1, 0.15) is 0 Å². The maximum absolute atomic E-state index is 12.0. The number of benzene rings is 1. The summed E-state index contributed by atoms with van der Waals surface area (Å²) in [5.74, 6) is -1.49. The largest absolute Gasteiger partial charge is 0.481 e. The van der Waals surface area contributed by atoms with E-state index in [-0.39, 0.29) is 18.6 Å². The summed E-state index contributed by atoms with van der Waals surface area (Å²) in [7, 11) is 1.60. The summed E-state index contributed by atoms with van der Waals surface area (Å²) >= 11 is 1.67. The lowest BCUT2D eigenvalue weighted by molar-refractivity contribution is -0.141. The van der Waals surface area contributed by atoms with Gasteiger partial charge in [-0.25, -0.2) is 4.79 Å². The number of carbonyl (C=O) groups excluding carboxylic acids is 1. The highest BCUT2D eigenvalue weighted by Gasteiger charge is 2.18. The Morgan fingerprint density at radius 3 is 2.33 bits per heavy atom. The van der Waals surface area contributed by atoms with E-state index in [1.807, 2.05) is 37.4 Å². The fourth-order valence-electron chi connectivity index (χ4n) is 1.84. The third-order valence-electron chi connectivity index (χ3n) is 3.27. The van der Waals surface area contributed by atoms with Gasteiger partial charge in [-0.05, 0) is 30.9 Å². The van der Waals surface area contributed by atoms with E-state index in [0.29, 0.717) is 0 Å². The number of nitrogens with one attached hydrogen (secondary N) is 1. The van der Waals surface area contributed by atoms with Crippen LogP contribution in [0.4, 0.5) is 4.79 Å². The van der Waals surface area contributed by atoms with E-state index in [4.69, 9.17) is 5.11 Å². The van der Waals surface area contributed by atoms with Gasteiger partial charge in [-0.3, -0.25) is 4.79 Å². The Balaban J connectivity index is 2.58. The van der Waals surface area contributed by atoms with Crippen molar-refractivity contribution in [1.29, 1.82) is 0 Å². The quantitative estimate of drug-likeness (QED) is 0.793. The fourth-order valence-corrected chi connectivity index (χ4v) is 2.25. The Hall–Kier alpha value is -1.69. The molecule has 0 spiro atoms. The van der Waals surface area contributed by atoms with Crippen LogP contribution in [0.3, 0.4) is 0 Å². The molecule has 1 aromatic rings. The van der Waals surface area contributed by atoms with Crippen LogP contribution in [-0.2, 0) is 4.79 Å². The summed E-state index contributed by atoms with van der Waals surface area (Å²) in [6.45, 7) is 3.66. The second-order valence-corrected chi connectivity index (χ2v) is 5.94. The smallest absolute Gasteiger partial charge is 0.317 e. The molecular weight excluding hydrogens is 288 g/mol. The molecule has 1 rings (SSSR count). The summed E-state index contributed by atoms with van der Waals surface area (Å²) in [6.07, 6.45) is 2.01. The van der Waals surface area contributed by atoms with Gasteiger partial charge in [0.15, 0.2) is 0 Å². The summed E-state index contributed by atoms with van der Waals surface area (Å²) < 4.78 is 0. The second kappa shape index (κ2) is 7.93. The fraction of sp³-hybridized carbons (Fsp3) is 0.467. The minimum Gasteiger partial charge on any atom is -0.481 e. The molecule has 0 saturated carbocycles. The molecule has 2 N–H and O–H groups in total. The van der Waals surface area contributed by atoms with Crippen molar-refractivity contribution in [2.75, 3.05) is 19.8 Å². The van der Waals surface area contributed by atoms with Crippen LogP contribution in [0.1, 0.15) is 25.5 Å². The molecule has 5 nitrogen and oxygen atoms in total. The van der Waals surface area contributed by atoms with Crippen molar-refractivity contribution in [3.63, 3.8) is 0 Å². The van der Waals surface area contributed by atoms with E-state index in [0.717, 1.165) is 5.56 Å². The van der Waals surface area contributed by atoms with E-state index in [2.05, 4.69) is 5.32 Å².